The number of carbonyl (C=O) groups is 1. The summed E-state index contributed by atoms with van der Waals surface area (Å²) >= 11 is 0. The number of hydrogen-bond donors (Lipinski definition) is 1. The summed E-state index contributed by atoms with van der Waals surface area (Å²) in [6, 6.07) is 2.96. The summed E-state index contributed by atoms with van der Waals surface area (Å²) in [5, 5.41) is 10.7. The monoisotopic (exact) mass is 275 g/mol. The van der Waals surface area contributed by atoms with Crippen molar-refractivity contribution in [1.82, 2.24) is 14.5 Å². The number of rotatable bonds is 2. The quantitative estimate of drug-likeness (QED) is 0.898. The van der Waals surface area contributed by atoms with E-state index in [9.17, 15) is 14.7 Å². The van der Waals surface area contributed by atoms with Gasteiger partial charge in [-0.15, -0.1) is 0 Å². The van der Waals surface area contributed by atoms with E-state index in [1.54, 1.807) is 40.1 Å². The van der Waals surface area contributed by atoms with Gasteiger partial charge in [0.05, 0.1) is 5.39 Å². The molecular weight excluding hydrogens is 258 g/mol. The molecule has 0 aromatic carbocycles. The summed E-state index contributed by atoms with van der Waals surface area (Å²) in [5.41, 5.74) is -0.202. The zero-order valence-electron chi connectivity index (χ0n) is 11.9. The summed E-state index contributed by atoms with van der Waals surface area (Å²) in [6.45, 7) is 3.57. The van der Waals surface area contributed by atoms with Crippen LogP contribution in [0.3, 0.4) is 0 Å². The summed E-state index contributed by atoms with van der Waals surface area (Å²) in [4.78, 5) is 30.1. The molecule has 0 spiro atoms. The first-order valence-electron chi connectivity index (χ1n) is 6.30. The van der Waals surface area contributed by atoms with Gasteiger partial charge in [0.2, 0.25) is 0 Å². The maximum atomic E-state index is 12.5. The molecule has 0 bridgehead atoms. The first-order chi connectivity index (χ1) is 9.36. The molecule has 0 radical (unpaired) electrons. The number of fused-ring (bicyclic) bond motifs is 1. The van der Waals surface area contributed by atoms with Crippen LogP contribution in [0.5, 0.6) is 5.75 Å². The molecule has 6 heteroatoms. The molecule has 20 heavy (non-hydrogen) atoms. The molecule has 0 atom stereocenters. The third-order valence-corrected chi connectivity index (χ3v) is 3.07. The molecule has 0 fully saturated rings. The Balaban J connectivity index is 2.98. The second kappa shape index (κ2) is 4.96. The van der Waals surface area contributed by atoms with Gasteiger partial charge in [0.25, 0.3) is 11.5 Å². The van der Waals surface area contributed by atoms with Gasteiger partial charge in [-0.1, -0.05) is 0 Å². The SMILES string of the molecule is CC(C)n1c(C(=O)N(C)C)c(O)c2ncccc2c1=O. The summed E-state index contributed by atoms with van der Waals surface area (Å²) < 4.78 is 1.31. The number of aromatic hydroxyl groups is 1. The van der Waals surface area contributed by atoms with Crippen LogP contribution in [-0.2, 0) is 0 Å². The summed E-state index contributed by atoms with van der Waals surface area (Å²) in [5.74, 6) is -0.687. The molecule has 0 unspecified atom stereocenters. The lowest BCUT2D eigenvalue weighted by Crippen LogP contribution is -2.33. The third kappa shape index (κ3) is 2.03. The molecule has 0 aliphatic heterocycles. The van der Waals surface area contributed by atoms with E-state index in [4.69, 9.17) is 0 Å². The lowest BCUT2D eigenvalue weighted by atomic mass is 10.1. The predicted octanol–water partition coefficient (Wildman–Crippen LogP) is 1.38. The van der Waals surface area contributed by atoms with Crippen molar-refractivity contribution in [3.63, 3.8) is 0 Å². The molecule has 0 saturated carbocycles. The lowest BCUT2D eigenvalue weighted by Gasteiger charge is -2.20. The molecule has 1 amide bonds. The van der Waals surface area contributed by atoms with E-state index >= 15 is 0 Å². The number of hydrogen-bond acceptors (Lipinski definition) is 4. The minimum Gasteiger partial charge on any atom is -0.504 e. The van der Waals surface area contributed by atoms with Crippen molar-refractivity contribution in [2.24, 2.45) is 0 Å². The number of aromatic nitrogens is 2. The van der Waals surface area contributed by atoms with Crippen LogP contribution < -0.4 is 5.56 Å². The minimum absolute atomic E-state index is 0.0267. The lowest BCUT2D eigenvalue weighted by molar-refractivity contribution is 0.0810. The van der Waals surface area contributed by atoms with E-state index < -0.39 is 5.91 Å². The molecule has 2 rings (SSSR count). The molecule has 106 valence electrons. The van der Waals surface area contributed by atoms with Gasteiger partial charge in [-0.2, -0.15) is 0 Å². The van der Waals surface area contributed by atoms with Gasteiger partial charge in [0, 0.05) is 26.3 Å². The summed E-state index contributed by atoms with van der Waals surface area (Å²) in [7, 11) is 3.14. The zero-order chi connectivity index (χ0) is 15.0. The Kier molecular flexibility index (Phi) is 3.48. The molecule has 6 nitrogen and oxygen atoms in total. The standard InChI is InChI=1S/C14H17N3O3/c1-8(2)17-11(14(20)16(3)4)12(18)10-9(13(17)19)6-5-7-15-10/h5-8,18H,1-4H3. The van der Waals surface area contributed by atoms with Crippen LogP contribution in [0.1, 0.15) is 30.4 Å². The van der Waals surface area contributed by atoms with Crippen molar-refractivity contribution < 1.29 is 9.90 Å². The van der Waals surface area contributed by atoms with Gasteiger partial charge in [-0.3, -0.25) is 19.1 Å². The average molecular weight is 275 g/mol. The molecule has 0 aliphatic rings. The Labute approximate surface area is 116 Å². The van der Waals surface area contributed by atoms with Gasteiger partial charge in [-0.05, 0) is 26.0 Å². The maximum absolute atomic E-state index is 12.5. The highest BCUT2D eigenvalue weighted by Gasteiger charge is 2.25. The smallest absolute Gasteiger partial charge is 0.274 e. The third-order valence-electron chi connectivity index (χ3n) is 3.07. The van der Waals surface area contributed by atoms with Crippen molar-refractivity contribution in [3.8, 4) is 5.75 Å². The van der Waals surface area contributed by atoms with E-state index in [1.807, 2.05) is 0 Å². The van der Waals surface area contributed by atoms with Crippen molar-refractivity contribution in [1.29, 1.82) is 0 Å². The Bertz CT molecular complexity index is 732. The molecule has 2 aromatic rings. The Morgan fingerprint density at radius 2 is 2.05 bits per heavy atom. The second-order valence-corrected chi connectivity index (χ2v) is 5.07. The number of nitrogens with zero attached hydrogens (tertiary/aromatic N) is 3. The Hall–Kier alpha value is -2.37. The fourth-order valence-corrected chi connectivity index (χ4v) is 2.13. The van der Waals surface area contributed by atoms with Gasteiger partial charge < -0.3 is 10.0 Å². The molecule has 1 N–H and O–H groups in total. The van der Waals surface area contributed by atoms with Crippen LogP contribution in [0.15, 0.2) is 23.1 Å². The van der Waals surface area contributed by atoms with Crippen molar-refractivity contribution in [3.05, 3.63) is 34.4 Å². The van der Waals surface area contributed by atoms with Crippen molar-refractivity contribution in [2.45, 2.75) is 19.9 Å². The first kappa shape index (κ1) is 14.0. The molecule has 0 saturated heterocycles. The highest BCUT2D eigenvalue weighted by atomic mass is 16.3. The van der Waals surface area contributed by atoms with Crippen LogP contribution in [0.2, 0.25) is 0 Å². The molecule has 2 heterocycles. The maximum Gasteiger partial charge on any atom is 0.274 e. The number of carbonyl (C=O) groups excluding carboxylic acids is 1. The van der Waals surface area contributed by atoms with Gasteiger partial charge in [0.1, 0.15) is 5.52 Å². The van der Waals surface area contributed by atoms with Gasteiger partial charge in [0.15, 0.2) is 11.4 Å². The van der Waals surface area contributed by atoms with Crippen LogP contribution in [0, 0.1) is 0 Å². The van der Waals surface area contributed by atoms with Crippen molar-refractivity contribution >= 4 is 16.8 Å². The zero-order valence-corrected chi connectivity index (χ0v) is 11.9. The Morgan fingerprint density at radius 3 is 2.60 bits per heavy atom. The molecule has 2 aromatic heterocycles. The van der Waals surface area contributed by atoms with Crippen LogP contribution in [0.4, 0.5) is 0 Å². The predicted molar refractivity (Wildman–Crippen MR) is 76.1 cm³/mol. The van der Waals surface area contributed by atoms with E-state index in [1.165, 1.54) is 15.7 Å². The fourth-order valence-electron chi connectivity index (χ4n) is 2.13. The fraction of sp³-hybridized carbons (Fsp3) is 0.357. The van der Waals surface area contributed by atoms with E-state index in [0.717, 1.165) is 0 Å². The van der Waals surface area contributed by atoms with E-state index in [0.29, 0.717) is 5.39 Å². The normalized spacial score (nSPS) is 11.1. The molecular formula is C14H17N3O3. The van der Waals surface area contributed by atoms with Crippen LogP contribution >= 0.6 is 0 Å². The molecule has 0 aliphatic carbocycles. The largest absolute Gasteiger partial charge is 0.504 e. The highest BCUT2D eigenvalue weighted by molar-refractivity contribution is 6.00. The number of amides is 1. The highest BCUT2D eigenvalue weighted by Crippen LogP contribution is 2.26. The van der Waals surface area contributed by atoms with Crippen LogP contribution in [0.25, 0.3) is 10.9 Å². The summed E-state index contributed by atoms with van der Waals surface area (Å²) in [6.07, 6.45) is 1.48. The minimum atomic E-state index is -0.430. The topological polar surface area (TPSA) is 75.4 Å². The van der Waals surface area contributed by atoms with Gasteiger partial charge >= 0.3 is 0 Å². The number of pyridine rings is 2. The Morgan fingerprint density at radius 1 is 1.40 bits per heavy atom. The van der Waals surface area contributed by atoms with Gasteiger partial charge in [-0.25, -0.2) is 0 Å². The van der Waals surface area contributed by atoms with E-state index in [-0.39, 0.29) is 28.6 Å². The average Bonchev–Trinajstić information content (AvgIpc) is 2.41. The van der Waals surface area contributed by atoms with E-state index in [2.05, 4.69) is 4.98 Å². The van der Waals surface area contributed by atoms with Crippen molar-refractivity contribution in [2.75, 3.05) is 14.1 Å². The van der Waals surface area contributed by atoms with Crippen LogP contribution in [-0.4, -0.2) is 39.6 Å². The first-order valence-corrected chi connectivity index (χ1v) is 6.30. The second-order valence-electron chi connectivity index (χ2n) is 5.07.